The molecule has 2 nitrogen and oxygen atoms in total. The van der Waals surface area contributed by atoms with Crippen molar-refractivity contribution in [3.63, 3.8) is 0 Å². The van der Waals surface area contributed by atoms with Crippen molar-refractivity contribution in [2.45, 2.75) is 25.6 Å². The first-order chi connectivity index (χ1) is 8.64. The fraction of sp³-hybridized carbons (Fsp3) is 0.385. The minimum atomic E-state index is -4.74. The Balaban J connectivity index is 2.92. The van der Waals surface area contributed by atoms with Crippen LogP contribution in [-0.2, 0) is 5.41 Å². The van der Waals surface area contributed by atoms with E-state index in [2.05, 4.69) is 4.74 Å². The predicted molar refractivity (Wildman–Crippen MR) is 62.4 cm³/mol. The molecule has 0 unspecified atom stereocenters. The molecular weight excluding hydrogens is 264 g/mol. The summed E-state index contributed by atoms with van der Waals surface area (Å²) in [5.74, 6) is -1.03. The minimum Gasteiger partial charge on any atom is -0.406 e. The van der Waals surface area contributed by atoms with Gasteiger partial charge >= 0.3 is 6.36 Å². The van der Waals surface area contributed by atoms with Gasteiger partial charge in [-0.25, -0.2) is 4.39 Å². The van der Waals surface area contributed by atoms with Crippen molar-refractivity contribution in [2.24, 2.45) is 0 Å². The fourth-order valence-corrected chi connectivity index (χ4v) is 1.61. The number of aliphatic hydroxyl groups excluding tert-OH is 1. The van der Waals surface area contributed by atoms with Gasteiger partial charge in [-0.3, -0.25) is 0 Å². The van der Waals surface area contributed by atoms with Crippen LogP contribution in [-0.4, -0.2) is 18.1 Å². The van der Waals surface area contributed by atoms with Crippen molar-refractivity contribution in [2.75, 3.05) is 6.61 Å². The van der Waals surface area contributed by atoms with Gasteiger partial charge in [-0.2, -0.15) is 0 Å². The van der Waals surface area contributed by atoms with Crippen LogP contribution < -0.4 is 4.74 Å². The molecular formula is C13H14F4O2. The molecule has 0 saturated heterocycles. The lowest BCUT2D eigenvalue weighted by atomic mass is 9.84. The van der Waals surface area contributed by atoms with Crippen molar-refractivity contribution in [1.29, 1.82) is 0 Å². The first kappa shape index (κ1) is 15.5. The van der Waals surface area contributed by atoms with E-state index in [4.69, 9.17) is 5.11 Å². The van der Waals surface area contributed by atoms with Crippen LogP contribution in [0.4, 0.5) is 17.6 Å². The average molecular weight is 278 g/mol. The predicted octanol–water partition coefficient (Wildman–Crippen LogP) is 3.71. The Hall–Kier alpha value is -1.56. The molecule has 0 heterocycles. The molecule has 1 aromatic carbocycles. The highest BCUT2D eigenvalue weighted by molar-refractivity contribution is 5.35. The molecule has 0 spiro atoms. The first-order valence-electron chi connectivity index (χ1n) is 5.48. The van der Waals surface area contributed by atoms with E-state index in [9.17, 15) is 17.6 Å². The number of benzene rings is 1. The number of hydrogen-bond acceptors (Lipinski definition) is 2. The Kier molecular flexibility index (Phi) is 4.57. The van der Waals surface area contributed by atoms with E-state index in [1.165, 1.54) is 18.2 Å². The normalized spacial score (nSPS) is 13.5. The zero-order chi connectivity index (χ0) is 14.7. The highest BCUT2D eigenvalue weighted by Crippen LogP contribution is 2.29. The standard InChI is InChI=1S/C13H14F4O2/c1-12(2,7-10(14)8-18)9-3-5-11(6-4-9)19-13(15,16)17/h3-7,18H,8H2,1-2H3/b10-7-. The molecule has 1 aromatic rings. The molecule has 1 rings (SSSR count). The maximum Gasteiger partial charge on any atom is 0.573 e. The Morgan fingerprint density at radius 2 is 1.74 bits per heavy atom. The fourth-order valence-electron chi connectivity index (χ4n) is 1.61. The van der Waals surface area contributed by atoms with Crippen molar-refractivity contribution < 1.29 is 27.4 Å². The summed E-state index contributed by atoms with van der Waals surface area (Å²) >= 11 is 0. The highest BCUT2D eigenvalue weighted by Gasteiger charge is 2.31. The number of aliphatic hydroxyl groups is 1. The Labute approximate surface area is 108 Å². The van der Waals surface area contributed by atoms with Crippen molar-refractivity contribution in [1.82, 2.24) is 0 Å². The van der Waals surface area contributed by atoms with Crippen LogP contribution in [0, 0.1) is 0 Å². The Morgan fingerprint density at radius 3 is 2.16 bits per heavy atom. The maximum atomic E-state index is 13.1. The third-order valence-electron chi connectivity index (χ3n) is 2.50. The third-order valence-corrected chi connectivity index (χ3v) is 2.50. The van der Waals surface area contributed by atoms with E-state index in [-0.39, 0.29) is 5.75 Å². The van der Waals surface area contributed by atoms with Gasteiger partial charge in [0.1, 0.15) is 11.6 Å². The van der Waals surface area contributed by atoms with Gasteiger partial charge < -0.3 is 9.84 Å². The third kappa shape index (κ3) is 4.90. The van der Waals surface area contributed by atoms with Gasteiger partial charge in [-0.15, -0.1) is 13.2 Å². The lowest BCUT2D eigenvalue weighted by molar-refractivity contribution is -0.274. The van der Waals surface area contributed by atoms with E-state index in [1.54, 1.807) is 13.8 Å². The molecule has 0 aliphatic carbocycles. The summed E-state index contributed by atoms with van der Waals surface area (Å²) in [6.07, 6.45) is -3.52. The van der Waals surface area contributed by atoms with Gasteiger partial charge in [0.2, 0.25) is 0 Å². The van der Waals surface area contributed by atoms with Crippen LogP contribution in [0.15, 0.2) is 36.2 Å². The molecule has 0 bridgehead atoms. The average Bonchev–Trinajstić information content (AvgIpc) is 2.26. The van der Waals surface area contributed by atoms with Crippen LogP contribution in [0.5, 0.6) is 5.75 Å². The smallest absolute Gasteiger partial charge is 0.406 e. The molecule has 1 N–H and O–H groups in total. The van der Waals surface area contributed by atoms with Gasteiger partial charge in [-0.1, -0.05) is 26.0 Å². The van der Waals surface area contributed by atoms with Crippen LogP contribution in [0.3, 0.4) is 0 Å². The van der Waals surface area contributed by atoms with Crippen LogP contribution >= 0.6 is 0 Å². The molecule has 0 aliphatic rings. The zero-order valence-corrected chi connectivity index (χ0v) is 10.5. The SMILES string of the molecule is CC(C)(/C=C(\F)CO)c1ccc(OC(F)(F)F)cc1. The number of allylic oxidation sites excluding steroid dienone is 1. The van der Waals surface area contributed by atoms with Crippen molar-refractivity contribution in [3.8, 4) is 5.75 Å². The molecule has 0 radical (unpaired) electrons. The monoisotopic (exact) mass is 278 g/mol. The van der Waals surface area contributed by atoms with E-state index in [0.717, 1.165) is 12.1 Å². The van der Waals surface area contributed by atoms with Crippen molar-refractivity contribution >= 4 is 0 Å². The van der Waals surface area contributed by atoms with Gasteiger partial charge in [0.25, 0.3) is 0 Å². The lowest BCUT2D eigenvalue weighted by Crippen LogP contribution is -2.18. The summed E-state index contributed by atoms with van der Waals surface area (Å²) in [5, 5.41) is 8.63. The first-order valence-corrected chi connectivity index (χ1v) is 5.48. The number of hydrogen-bond donors (Lipinski definition) is 1. The minimum absolute atomic E-state index is 0.335. The summed E-state index contributed by atoms with van der Waals surface area (Å²) < 4.78 is 52.7. The largest absolute Gasteiger partial charge is 0.573 e. The molecule has 0 amide bonds. The van der Waals surface area contributed by atoms with Crippen LogP contribution in [0.25, 0.3) is 0 Å². The number of ether oxygens (including phenoxy) is 1. The maximum absolute atomic E-state index is 13.1. The summed E-state index contributed by atoms with van der Waals surface area (Å²) in [4.78, 5) is 0. The van der Waals surface area contributed by atoms with Gasteiger partial charge in [0.05, 0.1) is 6.61 Å². The van der Waals surface area contributed by atoms with Gasteiger partial charge in [0, 0.05) is 5.41 Å². The topological polar surface area (TPSA) is 29.5 Å². The number of halogens is 4. The molecule has 0 saturated carbocycles. The summed E-state index contributed by atoms with van der Waals surface area (Å²) in [6, 6.07) is 5.16. The van der Waals surface area contributed by atoms with E-state index >= 15 is 0 Å². The molecule has 6 heteroatoms. The Bertz CT molecular complexity index is 447. The second-order valence-electron chi connectivity index (χ2n) is 4.54. The van der Waals surface area contributed by atoms with E-state index < -0.39 is 24.2 Å². The second-order valence-corrected chi connectivity index (χ2v) is 4.54. The summed E-state index contributed by atoms with van der Waals surface area (Å²) in [5.41, 5.74) is -0.144. The zero-order valence-electron chi connectivity index (χ0n) is 10.5. The second kappa shape index (κ2) is 5.61. The molecule has 0 aliphatic heterocycles. The molecule has 0 atom stereocenters. The molecule has 0 aromatic heterocycles. The lowest BCUT2D eigenvalue weighted by Gasteiger charge is -2.21. The van der Waals surface area contributed by atoms with Crippen LogP contribution in [0.2, 0.25) is 0 Å². The van der Waals surface area contributed by atoms with E-state index in [0.29, 0.717) is 5.56 Å². The van der Waals surface area contributed by atoms with Crippen molar-refractivity contribution in [3.05, 3.63) is 41.7 Å². The molecule has 106 valence electrons. The summed E-state index contributed by atoms with van der Waals surface area (Å²) in [6.45, 7) is 2.66. The number of rotatable bonds is 4. The van der Waals surface area contributed by atoms with Gasteiger partial charge in [-0.05, 0) is 23.8 Å². The van der Waals surface area contributed by atoms with Crippen LogP contribution in [0.1, 0.15) is 19.4 Å². The highest BCUT2D eigenvalue weighted by atomic mass is 19.4. The quantitative estimate of drug-likeness (QED) is 0.851. The Morgan fingerprint density at radius 1 is 1.21 bits per heavy atom. The summed E-state index contributed by atoms with van der Waals surface area (Å²) in [7, 11) is 0. The molecule has 19 heavy (non-hydrogen) atoms. The van der Waals surface area contributed by atoms with Gasteiger partial charge in [0.15, 0.2) is 0 Å². The van der Waals surface area contributed by atoms with E-state index in [1.807, 2.05) is 0 Å². The molecule has 0 fully saturated rings. The number of alkyl halides is 3.